The molecule has 1 fully saturated rings. The second kappa shape index (κ2) is 9.58. The molecule has 1 saturated heterocycles. The second-order valence-electron chi connectivity index (χ2n) is 8.03. The number of nitrogens with zero attached hydrogens (tertiary/aromatic N) is 1. The number of carbonyl (C=O) groups is 1. The van der Waals surface area contributed by atoms with Gasteiger partial charge in [0.2, 0.25) is 10.0 Å². The molecule has 0 saturated carbocycles. The topological polar surface area (TPSA) is 91.6 Å². The molecule has 2 heterocycles. The largest absolute Gasteiger partial charge is 0.468 e. The number of anilines is 1. The fraction of sp³-hybridized carbons (Fsp3) is 0.292. The third kappa shape index (κ3) is 5.20. The van der Waals surface area contributed by atoms with Crippen molar-refractivity contribution in [2.75, 3.05) is 24.5 Å². The van der Waals surface area contributed by atoms with Crippen molar-refractivity contribution in [2.45, 2.75) is 24.8 Å². The molecule has 4 rings (SSSR count). The first-order valence-corrected chi connectivity index (χ1v) is 12.1. The summed E-state index contributed by atoms with van der Waals surface area (Å²) in [7, 11) is -3.77. The third-order valence-electron chi connectivity index (χ3n) is 5.74. The second-order valence-corrected chi connectivity index (χ2v) is 9.79. The van der Waals surface area contributed by atoms with Crippen molar-refractivity contribution in [1.29, 1.82) is 0 Å². The standard InChI is InChI=1S/C24H27N3O4S/c1-18-9-10-22(32(29,30)26-16-21-8-5-13-31-21)14-23(18)24(28)25-15-19-11-12-27(17-19)20-6-3-2-4-7-20/h2-10,13-14,19,26H,11-12,15-17H2,1H3,(H,25,28). The van der Waals surface area contributed by atoms with Gasteiger partial charge in [-0.2, -0.15) is 0 Å². The Morgan fingerprint density at radius 3 is 2.69 bits per heavy atom. The van der Waals surface area contributed by atoms with Crippen molar-refractivity contribution in [3.05, 3.63) is 83.8 Å². The summed E-state index contributed by atoms with van der Waals surface area (Å²) in [5, 5.41) is 2.99. The Balaban J connectivity index is 1.37. The normalized spacial score (nSPS) is 16.3. The molecule has 1 atom stereocenters. The number of rotatable bonds is 8. The van der Waals surface area contributed by atoms with Gasteiger partial charge in [-0.05, 0) is 61.2 Å². The van der Waals surface area contributed by atoms with Crippen molar-refractivity contribution < 1.29 is 17.6 Å². The van der Waals surface area contributed by atoms with Gasteiger partial charge in [0.05, 0.1) is 17.7 Å². The Hall–Kier alpha value is -3.10. The number of benzene rings is 2. The van der Waals surface area contributed by atoms with Crippen LogP contribution in [-0.4, -0.2) is 34.0 Å². The summed E-state index contributed by atoms with van der Waals surface area (Å²) in [5.41, 5.74) is 2.28. The molecular weight excluding hydrogens is 426 g/mol. The molecule has 7 nitrogen and oxygen atoms in total. The van der Waals surface area contributed by atoms with E-state index in [0.29, 0.717) is 23.8 Å². The molecule has 1 unspecified atom stereocenters. The minimum atomic E-state index is -3.77. The molecule has 0 spiro atoms. The number of nitrogens with one attached hydrogen (secondary N) is 2. The van der Waals surface area contributed by atoms with Crippen LogP contribution in [0.25, 0.3) is 0 Å². The van der Waals surface area contributed by atoms with Gasteiger partial charge in [0.25, 0.3) is 5.91 Å². The molecule has 8 heteroatoms. The molecule has 1 aliphatic heterocycles. The van der Waals surface area contributed by atoms with Crippen LogP contribution < -0.4 is 14.9 Å². The molecule has 3 aromatic rings. The highest BCUT2D eigenvalue weighted by Gasteiger charge is 2.24. The number of carbonyl (C=O) groups excluding carboxylic acids is 1. The number of aryl methyl sites for hydroxylation is 1. The zero-order valence-corrected chi connectivity index (χ0v) is 18.8. The number of amides is 1. The first-order chi connectivity index (χ1) is 15.4. The summed E-state index contributed by atoms with van der Waals surface area (Å²) < 4.78 is 33.0. The SMILES string of the molecule is Cc1ccc(S(=O)(=O)NCc2ccco2)cc1C(=O)NCC1CCN(c2ccccc2)C1. The predicted octanol–water partition coefficient (Wildman–Crippen LogP) is 3.32. The van der Waals surface area contributed by atoms with Crippen LogP contribution in [-0.2, 0) is 16.6 Å². The smallest absolute Gasteiger partial charge is 0.251 e. The van der Waals surface area contributed by atoms with Crippen molar-refractivity contribution in [3.63, 3.8) is 0 Å². The lowest BCUT2D eigenvalue weighted by atomic mass is 10.1. The maximum Gasteiger partial charge on any atom is 0.251 e. The van der Waals surface area contributed by atoms with E-state index in [1.807, 2.05) is 18.2 Å². The van der Waals surface area contributed by atoms with Crippen LogP contribution in [0.4, 0.5) is 5.69 Å². The van der Waals surface area contributed by atoms with Gasteiger partial charge in [0.1, 0.15) is 5.76 Å². The minimum absolute atomic E-state index is 0.0460. The monoisotopic (exact) mass is 453 g/mol. The first-order valence-electron chi connectivity index (χ1n) is 10.6. The molecule has 1 aromatic heterocycles. The highest BCUT2D eigenvalue weighted by Crippen LogP contribution is 2.23. The molecule has 1 amide bonds. The van der Waals surface area contributed by atoms with Crippen molar-refractivity contribution in [1.82, 2.24) is 10.0 Å². The quantitative estimate of drug-likeness (QED) is 0.546. The van der Waals surface area contributed by atoms with E-state index in [0.717, 1.165) is 25.1 Å². The van der Waals surface area contributed by atoms with Gasteiger partial charge in [-0.1, -0.05) is 24.3 Å². The molecule has 1 aliphatic rings. The van der Waals surface area contributed by atoms with Gasteiger partial charge >= 0.3 is 0 Å². The molecule has 2 N–H and O–H groups in total. The number of sulfonamides is 1. The van der Waals surface area contributed by atoms with Gasteiger partial charge in [-0.15, -0.1) is 0 Å². The molecule has 168 valence electrons. The third-order valence-corrected chi connectivity index (χ3v) is 7.14. The lowest BCUT2D eigenvalue weighted by molar-refractivity contribution is 0.0947. The van der Waals surface area contributed by atoms with Gasteiger partial charge < -0.3 is 14.6 Å². The summed E-state index contributed by atoms with van der Waals surface area (Å²) in [6, 6.07) is 18.2. The van der Waals surface area contributed by atoms with E-state index in [2.05, 4.69) is 27.1 Å². The van der Waals surface area contributed by atoms with Crippen LogP contribution in [0, 0.1) is 12.8 Å². The molecule has 0 radical (unpaired) electrons. The zero-order chi connectivity index (χ0) is 22.6. The number of furan rings is 1. The Morgan fingerprint density at radius 1 is 1.12 bits per heavy atom. The highest BCUT2D eigenvalue weighted by molar-refractivity contribution is 7.89. The van der Waals surface area contributed by atoms with Crippen LogP contribution in [0.1, 0.15) is 28.1 Å². The van der Waals surface area contributed by atoms with Crippen LogP contribution in [0.2, 0.25) is 0 Å². The Labute approximate surface area is 188 Å². The maximum absolute atomic E-state index is 12.8. The summed E-state index contributed by atoms with van der Waals surface area (Å²) in [6.07, 6.45) is 2.49. The lowest BCUT2D eigenvalue weighted by Crippen LogP contribution is -2.31. The molecule has 0 bridgehead atoms. The van der Waals surface area contributed by atoms with Crippen LogP contribution >= 0.6 is 0 Å². The summed E-state index contributed by atoms with van der Waals surface area (Å²) in [4.78, 5) is 15.2. The van der Waals surface area contributed by atoms with Gasteiger partial charge in [0.15, 0.2) is 0 Å². The van der Waals surface area contributed by atoms with Crippen LogP contribution in [0.15, 0.2) is 76.2 Å². The van der Waals surface area contributed by atoms with E-state index in [1.54, 1.807) is 25.1 Å². The Bertz CT molecular complexity index is 1160. The summed E-state index contributed by atoms with van der Waals surface area (Å²) in [6.45, 7) is 4.24. The van der Waals surface area contributed by atoms with E-state index in [-0.39, 0.29) is 17.3 Å². The number of para-hydroxylation sites is 1. The molecule has 0 aliphatic carbocycles. The van der Waals surface area contributed by atoms with E-state index in [9.17, 15) is 13.2 Å². The van der Waals surface area contributed by atoms with Crippen molar-refractivity contribution >= 4 is 21.6 Å². The fourth-order valence-corrected chi connectivity index (χ4v) is 4.90. The highest BCUT2D eigenvalue weighted by atomic mass is 32.2. The first kappa shape index (κ1) is 22.1. The summed E-state index contributed by atoms with van der Waals surface area (Å²) in [5.74, 6) is 0.602. The van der Waals surface area contributed by atoms with E-state index in [4.69, 9.17) is 4.42 Å². The minimum Gasteiger partial charge on any atom is -0.468 e. The molecular formula is C24H27N3O4S. The number of hydrogen-bond acceptors (Lipinski definition) is 5. The van der Waals surface area contributed by atoms with Crippen molar-refractivity contribution in [3.8, 4) is 0 Å². The Morgan fingerprint density at radius 2 is 1.94 bits per heavy atom. The van der Waals surface area contributed by atoms with Gasteiger partial charge in [-0.3, -0.25) is 4.79 Å². The predicted molar refractivity (Wildman–Crippen MR) is 123 cm³/mol. The molecule has 32 heavy (non-hydrogen) atoms. The van der Waals surface area contributed by atoms with Crippen LogP contribution in [0.3, 0.4) is 0 Å². The van der Waals surface area contributed by atoms with E-state index >= 15 is 0 Å². The lowest BCUT2D eigenvalue weighted by Gasteiger charge is -2.19. The van der Waals surface area contributed by atoms with Gasteiger partial charge in [0, 0.05) is 30.9 Å². The summed E-state index contributed by atoms with van der Waals surface area (Å²) >= 11 is 0. The average Bonchev–Trinajstić information content (AvgIpc) is 3.49. The average molecular weight is 454 g/mol. The zero-order valence-electron chi connectivity index (χ0n) is 18.0. The fourth-order valence-electron chi connectivity index (χ4n) is 3.88. The van der Waals surface area contributed by atoms with Crippen molar-refractivity contribution in [2.24, 2.45) is 5.92 Å². The van der Waals surface area contributed by atoms with Crippen LogP contribution in [0.5, 0.6) is 0 Å². The van der Waals surface area contributed by atoms with E-state index in [1.165, 1.54) is 24.1 Å². The number of hydrogen-bond donors (Lipinski definition) is 2. The maximum atomic E-state index is 12.8. The Kier molecular flexibility index (Phi) is 6.62. The molecule has 2 aromatic carbocycles. The van der Waals surface area contributed by atoms with Gasteiger partial charge in [-0.25, -0.2) is 13.1 Å². The van der Waals surface area contributed by atoms with E-state index < -0.39 is 10.0 Å².